The average Bonchev–Trinajstić information content (AvgIpc) is 2.08. The zero-order chi connectivity index (χ0) is 15.7. The van der Waals surface area contributed by atoms with Crippen LogP contribution in [0, 0.1) is 17.6 Å². The minimum Gasteiger partial charge on any atom is -0.298 e. The molecule has 0 spiro atoms. The van der Waals surface area contributed by atoms with Gasteiger partial charge in [0, 0.05) is 12.5 Å². The van der Waals surface area contributed by atoms with E-state index >= 15 is 0 Å². The van der Waals surface area contributed by atoms with Crippen molar-refractivity contribution < 1.29 is 39.9 Å². The van der Waals surface area contributed by atoms with Crippen LogP contribution >= 0.6 is 0 Å². The van der Waals surface area contributed by atoms with Crippen LogP contribution in [0.1, 0.15) is 5.56 Å². The molecule has 0 aliphatic rings. The summed E-state index contributed by atoms with van der Waals surface area (Å²) in [6, 6.07) is 1.36. The molecule has 0 fully saturated rings. The minimum absolute atomic E-state index is 0.374. The predicted octanol–water partition coefficient (Wildman–Crippen LogP) is 3.82. The van der Waals surface area contributed by atoms with Gasteiger partial charge in [-0.1, -0.05) is 0 Å². The van der Waals surface area contributed by atoms with Crippen molar-refractivity contribution in [1.29, 1.82) is 0 Å². The Morgan fingerprint density at radius 2 is 1.30 bits per heavy atom. The Balaban J connectivity index is 3.03. The predicted molar refractivity (Wildman–Crippen MR) is 50.7 cm³/mol. The molecule has 0 radical (unpaired) electrons. The van der Waals surface area contributed by atoms with Crippen molar-refractivity contribution in [2.75, 3.05) is 0 Å². The first-order chi connectivity index (χ1) is 8.91. The van der Waals surface area contributed by atoms with Gasteiger partial charge in [-0.05, 0) is 17.7 Å². The number of carbonyl (C=O) groups is 1. The highest BCUT2D eigenvalue weighted by atomic mass is 19.4. The van der Waals surface area contributed by atoms with Crippen LogP contribution in [-0.4, -0.2) is 18.1 Å². The lowest BCUT2D eigenvalue weighted by atomic mass is 9.96. The van der Waals surface area contributed by atoms with Crippen molar-refractivity contribution >= 4 is 5.78 Å². The van der Waals surface area contributed by atoms with Gasteiger partial charge in [-0.3, -0.25) is 4.79 Å². The summed E-state index contributed by atoms with van der Waals surface area (Å²) >= 11 is 0. The molecule has 1 rings (SSSR count). The normalized spacial score (nSPS) is 12.8. The molecule has 0 N–H and O–H groups in total. The zero-order valence-corrected chi connectivity index (χ0v) is 9.45. The van der Waals surface area contributed by atoms with E-state index in [0.717, 1.165) is 0 Å². The highest BCUT2D eigenvalue weighted by Gasteiger charge is 2.60. The maximum atomic E-state index is 12.8. The van der Waals surface area contributed by atoms with E-state index in [-0.39, 0.29) is 0 Å². The third-order valence-electron chi connectivity index (χ3n) is 2.28. The Kier molecular flexibility index (Phi) is 4.40. The lowest BCUT2D eigenvalue weighted by Crippen LogP contribution is -2.43. The van der Waals surface area contributed by atoms with E-state index in [4.69, 9.17) is 0 Å². The van der Waals surface area contributed by atoms with Crippen LogP contribution in [0.4, 0.5) is 35.1 Å². The lowest BCUT2D eigenvalue weighted by molar-refractivity contribution is -0.273. The average molecular weight is 306 g/mol. The van der Waals surface area contributed by atoms with Gasteiger partial charge in [0.1, 0.15) is 11.6 Å². The third kappa shape index (κ3) is 4.17. The van der Waals surface area contributed by atoms with Gasteiger partial charge in [0.15, 0.2) is 5.78 Å². The second kappa shape index (κ2) is 5.37. The van der Waals surface area contributed by atoms with Crippen LogP contribution in [0.15, 0.2) is 18.2 Å². The number of hydrogen-bond donors (Lipinski definition) is 0. The maximum absolute atomic E-state index is 12.8. The quantitative estimate of drug-likeness (QED) is 0.776. The minimum atomic E-state index is -5.82. The van der Waals surface area contributed by atoms with Crippen molar-refractivity contribution in [2.45, 2.75) is 18.8 Å². The summed E-state index contributed by atoms with van der Waals surface area (Å²) < 4.78 is 98.9. The zero-order valence-electron chi connectivity index (χ0n) is 9.45. The van der Waals surface area contributed by atoms with E-state index in [9.17, 15) is 39.9 Å². The van der Waals surface area contributed by atoms with Crippen LogP contribution in [0.25, 0.3) is 0 Å². The first-order valence-electron chi connectivity index (χ1n) is 5.02. The van der Waals surface area contributed by atoms with Gasteiger partial charge in [0.05, 0.1) is 0 Å². The fourth-order valence-electron chi connectivity index (χ4n) is 1.57. The molecule has 1 aromatic rings. The Morgan fingerprint density at radius 3 is 1.65 bits per heavy atom. The molecule has 1 aromatic carbocycles. The Bertz CT molecular complexity index is 468. The highest BCUT2D eigenvalue weighted by Crippen LogP contribution is 2.40. The molecule has 0 unspecified atom stereocenters. The molecule has 1 nitrogen and oxygen atoms in total. The smallest absolute Gasteiger partial charge is 0.298 e. The molecule has 20 heavy (non-hydrogen) atoms. The fraction of sp³-hybridized carbons (Fsp3) is 0.364. The second-order valence-corrected chi connectivity index (χ2v) is 3.94. The first-order valence-corrected chi connectivity index (χ1v) is 5.02. The van der Waals surface area contributed by atoms with Crippen molar-refractivity contribution in [3.05, 3.63) is 35.4 Å². The molecule has 0 aromatic heterocycles. The number of Topliss-reactive ketones (excluding diaryl/α,β-unsaturated/α-hetero) is 1. The van der Waals surface area contributed by atoms with E-state index in [1.54, 1.807) is 0 Å². The van der Waals surface area contributed by atoms with Crippen molar-refractivity contribution in [3.63, 3.8) is 0 Å². The topological polar surface area (TPSA) is 17.1 Å². The summed E-state index contributed by atoms with van der Waals surface area (Å²) in [7, 11) is 0. The van der Waals surface area contributed by atoms with E-state index in [0.29, 0.717) is 18.2 Å². The number of hydrogen-bond acceptors (Lipinski definition) is 1. The van der Waals surface area contributed by atoms with Gasteiger partial charge >= 0.3 is 12.4 Å². The van der Waals surface area contributed by atoms with Gasteiger partial charge < -0.3 is 0 Å². The number of ketones is 1. The molecule has 112 valence electrons. The number of alkyl halides is 6. The summed E-state index contributed by atoms with van der Waals surface area (Å²) in [5.74, 6) is -8.82. The van der Waals surface area contributed by atoms with Crippen LogP contribution in [0.2, 0.25) is 0 Å². The standard InChI is InChI=1S/C11H6F8O/c12-6-1-5(2-7(13)4-6)3-8(20)9(10(14,15)16)11(17,18)19/h1-2,4,9H,3H2. The molecule has 0 bridgehead atoms. The summed E-state index contributed by atoms with van der Waals surface area (Å²) in [5.41, 5.74) is -0.606. The van der Waals surface area contributed by atoms with E-state index in [1.807, 2.05) is 0 Å². The summed E-state index contributed by atoms with van der Waals surface area (Å²) in [6.45, 7) is 0. The lowest BCUT2D eigenvalue weighted by Gasteiger charge is -2.21. The number of halogens is 8. The Hall–Kier alpha value is -1.67. The summed E-state index contributed by atoms with van der Waals surface area (Å²) in [5, 5.41) is 0. The second-order valence-electron chi connectivity index (χ2n) is 3.94. The fourth-order valence-corrected chi connectivity index (χ4v) is 1.57. The van der Waals surface area contributed by atoms with Crippen molar-refractivity contribution in [3.8, 4) is 0 Å². The van der Waals surface area contributed by atoms with Crippen molar-refractivity contribution in [1.82, 2.24) is 0 Å². The molecule has 0 saturated carbocycles. The molecule has 0 aliphatic carbocycles. The molecule has 0 saturated heterocycles. The van der Waals surface area contributed by atoms with Gasteiger partial charge in [-0.25, -0.2) is 8.78 Å². The maximum Gasteiger partial charge on any atom is 0.407 e. The molecule has 0 amide bonds. The molecule has 0 aliphatic heterocycles. The van der Waals surface area contributed by atoms with Gasteiger partial charge in [0.2, 0.25) is 5.92 Å². The van der Waals surface area contributed by atoms with Crippen LogP contribution in [0.5, 0.6) is 0 Å². The first kappa shape index (κ1) is 16.4. The van der Waals surface area contributed by atoms with E-state index in [2.05, 4.69) is 0 Å². The molecule has 0 atom stereocenters. The molecular formula is C11H6F8O. The number of benzene rings is 1. The van der Waals surface area contributed by atoms with E-state index < -0.39 is 47.7 Å². The van der Waals surface area contributed by atoms with E-state index in [1.165, 1.54) is 0 Å². The Morgan fingerprint density at radius 1 is 0.900 bits per heavy atom. The summed E-state index contributed by atoms with van der Waals surface area (Å²) in [6.07, 6.45) is -13.0. The summed E-state index contributed by atoms with van der Waals surface area (Å²) in [4.78, 5) is 11.1. The van der Waals surface area contributed by atoms with Gasteiger partial charge in [-0.15, -0.1) is 0 Å². The SMILES string of the molecule is O=C(Cc1cc(F)cc(F)c1)C(C(F)(F)F)C(F)(F)F. The number of carbonyl (C=O) groups excluding carboxylic acids is 1. The van der Waals surface area contributed by atoms with Crippen molar-refractivity contribution in [2.24, 2.45) is 5.92 Å². The molecule has 0 heterocycles. The van der Waals surface area contributed by atoms with Gasteiger partial charge in [-0.2, -0.15) is 26.3 Å². The number of rotatable bonds is 3. The third-order valence-corrected chi connectivity index (χ3v) is 2.28. The monoisotopic (exact) mass is 306 g/mol. The Labute approximate surface area is 107 Å². The highest BCUT2D eigenvalue weighted by molar-refractivity contribution is 5.84. The molecular weight excluding hydrogens is 300 g/mol. The van der Waals surface area contributed by atoms with Crippen LogP contribution < -0.4 is 0 Å². The van der Waals surface area contributed by atoms with Crippen LogP contribution in [-0.2, 0) is 11.2 Å². The van der Waals surface area contributed by atoms with Crippen LogP contribution in [0.3, 0.4) is 0 Å². The van der Waals surface area contributed by atoms with Gasteiger partial charge in [0.25, 0.3) is 0 Å². The largest absolute Gasteiger partial charge is 0.407 e. The molecule has 9 heteroatoms.